The summed E-state index contributed by atoms with van der Waals surface area (Å²) >= 11 is 0. The summed E-state index contributed by atoms with van der Waals surface area (Å²) in [5.74, 6) is -0.285. The molecule has 0 bridgehead atoms. The largest absolute Gasteiger partial charge is 0.466 e. The van der Waals surface area contributed by atoms with Crippen molar-refractivity contribution in [3.63, 3.8) is 0 Å². The van der Waals surface area contributed by atoms with Gasteiger partial charge in [0, 0.05) is 6.54 Å². The van der Waals surface area contributed by atoms with Crippen molar-refractivity contribution in [3.05, 3.63) is 0 Å². The standard InChI is InChI=1S/C6H11NO3/c1-2-9-6(8)5-3-7-10-4-5/h5,7H,2-4H2,1H3. The van der Waals surface area contributed by atoms with Crippen molar-refractivity contribution in [3.8, 4) is 0 Å². The fraction of sp³-hybridized carbons (Fsp3) is 0.833. The molecule has 1 unspecified atom stereocenters. The Morgan fingerprint density at radius 1 is 1.90 bits per heavy atom. The summed E-state index contributed by atoms with van der Waals surface area (Å²) in [7, 11) is 0. The van der Waals surface area contributed by atoms with E-state index in [0.29, 0.717) is 19.8 Å². The summed E-state index contributed by atoms with van der Waals surface area (Å²) in [4.78, 5) is 15.7. The van der Waals surface area contributed by atoms with Crippen LogP contribution in [0.1, 0.15) is 6.92 Å². The first kappa shape index (κ1) is 7.50. The Morgan fingerprint density at radius 3 is 3.20 bits per heavy atom. The van der Waals surface area contributed by atoms with Gasteiger partial charge in [-0.05, 0) is 6.92 Å². The van der Waals surface area contributed by atoms with Crippen molar-refractivity contribution in [1.29, 1.82) is 0 Å². The van der Waals surface area contributed by atoms with Gasteiger partial charge in [0.1, 0.15) is 0 Å². The van der Waals surface area contributed by atoms with E-state index < -0.39 is 0 Å². The molecule has 0 aliphatic carbocycles. The molecule has 4 heteroatoms. The number of carbonyl (C=O) groups excluding carboxylic acids is 1. The van der Waals surface area contributed by atoms with E-state index in [1.807, 2.05) is 0 Å². The quantitative estimate of drug-likeness (QED) is 0.542. The molecule has 0 spiro atoms. The maximum Gasteiger partial charge on any atom is 0.312 e. The van der Waals surface area contributed by atoms with Gasteiger partial charge in [-0.15, -0.1) is 0 Å². The van der Waals surface area contributed by atoms with Gasteiger partial charge in [0.15, 0.2) is 0 Å². The number of hydrogen-bond donors (Lipinski definition) is 1. The van der Waals surface area contributed by atoms with Gasteiger partial charge in [-0.25, -0.2) is 5.48 Å². The fourth-order valence-electron chi connectivity index (χ4n) is 0.789. The van der Waals surface area contributed by atoms with Crippen molar-refractivity contribution in [2.45, 2.75) is 6.92 Å². The lowest BCUT2D eigenvalue weighted by atomic mass is 10.2. The smallest absolute Gasteiger partial charge is 0.312 e. The molecule has 1 heterocycles. The molecule has 4 nitrogen and oxygen atoms in total. The molecule has 1 saturated heterocycles. The summed E-state index contributed by atoms with van der Waals surface area (Å²) < 4.78 is 4.77. The van der Waals surface area contributed by atoms with Crippen molar-refractivity contribution in [2.24, 2.45) is 5.92 Å². The number of carbonyl (C=O) groups is 1. The maximum absolute atomic E-state index is 10.9. The zero-order chi connectivity index (χ0) is 7.40. The van der Waals surface area contributed by atoms with E-state index in [-0.39, 0.29) is 11.9 Å². The number of hydrogen-bond acceptors (Lipinski definition) is 4. The lowest BCUT2D eigenvalue weighted by Gasteiger charge is -2.03. The molecule has 0 saturated carbocycles. The van der Waals surface area contributed by atoms with Crippen molar-refractivity contribution in [2.75, 3.05) is 19.8 Å². The molecule has 10 heavy (non-hydrogen) atoms. The number of ether oxygens (including phenoxy) is 1. The highest BCUT2D eigenvalue weighted by Crippen LogP contribution is 2.03. The van der Waals surface area contributed by atoms with E-state index >= 15 is 0 Å². The molecule has 0 aromatic carbocycles. The molecular formula is C6H11NO3. The monoisotopic (exact) mass is 145 g/mol. The Kier molecular flexibility index (Phi) is 2.65. The van der Waals surface area contributed by atoms with Crippen molar-refractivity contribution >= 4 is 5.97 Å². The summed E-state index contributed by atoms with van der Waals surface area (Å²) in [6.07, 6.45) is 0. The van der Waals surface area contributed by atoms with Crippen LogP contribution in [-0.4, -0.2) is 25.7 Å². The Morgan fingerprint density at radius 2 is 2.70 bits per heavy atom. The van der Waals surface area contributed by atoms with Gasteiger partial charge < -0.3 is 9.57 Å². The van der Waals surface area contributed by atoms with Gasteiger partial charge in [-0.2, -0.15) is 0 Å². The Bertz CT molecular complexity index is 120. The topological polar surface area (TPSA) is 47.6 Å². The van der Waals surface area contributed by atoms with Crippen LogP contribution in [0.5, 0.6) is 0 Å². The van der Waals surface area contributed by atoms with Crippen molar-refractivity contribution < 1.29 is 14.4 Å². The third-order valence-electron chi connectivity index (χ3n) is 1.34. The third kappa shape index (κ3) is 1.68. The van der Waals surface area contributed by atoms with E-state index in [9.17, 15) is 4.79 Å². The molecule has 0 aromatic heterocycles. The number of nitrogens with one attached hydrogen (secondary N) is 1. The fourth-order valence-corrected chi connectivity index (χ4v) is 0.789. The van der Waals surface area contributed by atoms with Crippen LogP contribution >= 0.6 is 0 Å². The predicted molar refractivity (Wildman–Crippen MR) is 34.1 cm³/mol. The minimum absolute atomic E-state index is 0.111. The van der Waals surface area contributed by atoms with Gasteiger partial charge in [0.2, 0.25) is 0 Å². The molecule has 0 amide bonds. The minimum atomic E-state index is -0.174. The second-order valence-corrected chi connectivity index (χ2v) is 2.11. The lowest BCUT2D eigenvalue weighted by molar-refractivity contribution is -0.147. The maximum atomic E-state index is 10.9. The summed E-state index contributed by atoms with van der Waals surface area (Å²) in [6, 6.07) is 0. The third-order valence-corrected chi connectivity index (χ3v) is 1.34. The molecule has 0 radical (unpaired) electrons. The van der Waals surface area contributed by atoms with Crippen LogP contribution in [0, 0.1) is 5.92 Å². The molecular weight excluding hydrogens is 134 g/mol. The number of hydroxylamine groups is 1. The van der Waals surface area contributed by atoms with Gasteiger partial charge in [-0.1, -0.05) is 0 Å². The Balaban J connectivity index is 2.25. The Labute approximate surface area is 59.5 Å². The molecule has 1 atom stereocenters. The molecule has 58 valence electrons. The highest BCUT2D eigenvalue weighted by molar-refractivity contribution is 5.73. The van der Waals surface area contributed by atoms with E-state index in [4.69, 9.17) is 9.57 Å². The van der Waals surface area contributed by atoms with Gasteiger partial charge in [-0.3, -0.25) is 4.79 Å². The summed E-state index contributed by atoms with van der Waals surface area (Å²) in [6.45, 7) is 3.23. The SMILES string of the molecule is CCOC(=O)C1CNOC1. The highest BCUT2D eigenvalue weighted by Gasteiger charge is 2.24. The Hall–Kier alpha value is -0.610. The second kappa shape index (κ2) is 3.53. The number of rotatable bonds is 2. The van der Waals surface area contributed by atoms with Gasteiger partial charge in [0.05, 0.1) is 19.1 Å². The highest BCUT2D eigenvalue weighted by atomic mass is 16.7. The zero-order valence-corrected chi connectivity index (χ0v) is 5.92. The van der Waals surface area contributed by atoms with Gasteiger partial charge >= 0.3 is 5.97 Å². The van der Waals surface area contributed by atoms with E-state index in [1.165, 1.54) is 0 Å². The number of esters is 1. The van der Waals surface area contributed by atoms with Crippen LogP contribution < -0.4 is 5.48 Å². The minimum Gasteiger partial charge on any atom is -0.466 e. The van der Waals surface area contributed by atoms with E-state index in [0.717, 1.165) is 0 Å². The summed E-state index contributed by atoms with van der Waals surface area (Å²) in [5.41, 5.74) is 2.61. The van der Waals surface area contributed by atoms with Crippen LogP contribution in [0.25, 0.3) is 0 Å². The molecule has 1 fully saturated rings. The zero-order valence-electron chi connectivity index (χ0n) is 5.92. The first-order valence-corrected chi connectivity index (χ1v) is 3.36. The molecule has 1 rings (SSSR count). The molecule has 1 N–H and O–H groups in total. The first-order chi connectivity index (χ1) is 4.84. The van der Waals surface area contributed by atoms with Crippen LogP contribution in [0.4, 0.5) is 0 Å². The lowest BCUT2D eigenvalue weighted by Crippen LogP contribution is -2.21. The van der Waals surface area contributed by atoms with E-state index in [1.54, 1.807) is 6.92 Å². The average molecular weight is 145 g/mol. The van der Waals surface area contributed by atoms with Crippen molar-refractivity contribution in [1.82, 2.24) is 5.48 Å². The van der Waals surface area contributed by atoms with Crippen LogP contribution in [-0.2, 0) is 14.4 Å². The summed E-state index contributed by atoms with van der Waals surface area (Å²) in [5, 5.41) is 0. The normalized spacial score (nSPS) is 24.7. The van der Waals surface area contributed by atoms with Crippen LogP contribution in [0.2, 0.25) is 0 Å². The predicted octanol–water partition coefficient (Wildman–Crippen LogP) is -0.300. The van der Waals surface area contributed by atoms with Crippen LogP contribution in [0.15, 0.2) is 0 Å². The molecule has 0 aromatic rings. The second-order valence-electron chi connectivity index (χ2n) is 2.11. The van der Waals surface area contributed by atoms with Crippen LogP contribution in [0.3, 0.4) is 0 Å². The molecule has 1 aliphatic rings. The molecule has 1 aliphatic heterocycles. The average Bonchev–Trinajstić information content (AvgIpc) is 2.38. The van der Waals surface area contributed by atoms with Gasteiger partial charge in [0.25, 0.3) is 0 Å². The first-order valence-electron chi connectivity index (χ1n) is 3.36. The van der Waals surface area contributed by atoms with E-state index in [2.05, 4.69) is 5.48 Å².